The summed E-state index contributed by atoms with van der Waals surface area (Å²) in [5.74, 6) is 1.31. The summed E-state index contributed by atoms with van der Waals surface area (Å²) in [7, 11) is 0. The lowest BCUT2D eigenvalue weighted by Crippen LogP contribution is -2.46. The summed E-state index contributed by atoms with van der Waals surface area (Å²) in [4.78, 5) is 43.6. The van der Waals surface area contributed by atoms with Crippen molar-refractivity contribution in [2.45, 2.75) is 63.6 Å². The van der Waals surface area contributed by atoms with Gasteiger partial charge >= 0.3 is 5.69 Å². The number of amides is 1. The molecule has 1 saturated carbocycles. The average Bonchev–Trinajstić information content (AvgIpc) is 3.27. The fraction of sp³-hybridized carbons (Fsp3) is 0.500. The van der Waals surface area contributed by atoms with E-state index in [-0.39, 0.29) is 40.8 Å². The first-order valence-electron chi connectivity index (χ1n) is 11.7. The van der Waals surface area contributed by atoms with Crippen LogP contribution in [0.15, 0.2) is 38.6 Å². The number of rotatable bonds is 4. The maximum absolute atomic E-state index is 14.0. The van der Waals surface area contributed by atoms with Crippen LogP contribution in [0.3, 0.4) is 0 Å². The summed E-state index contributed by atoms with van der Waals surface area (Å²) < 4.78 is 22.2. The molecule has 0 unspecified atom stereocenters. The summed E-state index contributed by atoms with van der Waals surface area (Å²) in [6.45, 7) is 1.81. The zero-order valence-corrected chi connectivity index (χ0v) is 19.8. The fourth-order valence-electron chi connectivity index (χ4n) is 5.13. The number of carbonyl (C=O) groups is 1. The van der Waals surface area contributed by atoms with E-state index in [1.54, 1.807) is 10.6 Å². The molecule has 1 N–H and O–H groups in total. The van der Waals surface area contributed by atoms with Crippen LogP contribution in [0.1, 0.15) is 66.7 Å². The summed E-state index contributed by atoms with van der Waals surface area (Å²) >= 11 is 1.84. The standard InChI is InChI=1S/C24H27FN4O4S/c1-14-6-9-33-20(14)22(30)27-16-2-4-17(5-3-16)29-23(31)19-12-15(25)13-26-21(19)28(24(29)32)18-7-10-34-11-8-18/h6,9,12-13,16-18H,2-5,7-8,10-11H2,1H3,(H,27,30). The molecule has 1 aliphatic carbocycles. The highest BCUT2D eigenvalue weighted by atomic mass is 32.2. The Kier molecular flexibility index (Phi) is 6.33. The Morgan fingerprint density at radius 2 is 1.82 bits per heavy atom. The van der Waals surface area contributed by atoms with Crippen LogP contribution in [0, 0.1) is 12.7 Å². The number of aryl methyl sites for hydroxylation is 1. The zero-order chi connectivity index (χ0) is 23.8. The minimum Gasteiger partial charge on any atom is -0.459 e. The molecule has 2 fully saturated rings. The van der Waals surface area contributed by atoms with Crippen molar-refractivity contribution >= 4 is 28.7 Å². The fourth-order valence-corrected chi connectivity index (χ4v) is 6.22. The molecule has 0 radical (unpaired) electrons. The molecule has 0 spiro atoms. The first-order valence-corrected chi connectivity index (χ1v) is 12.8. The van der Waals surface area contributed by atoms with Crippen LogP contribution in [-0.4, -0.2) is 37.6 Å². The number of pyridine rings is 1. The summed E-state index contributed by atoms with van der Waals surface area (Å²) in [6.07, 6.45) is 6.54. The highest BCUT2D eigenvalue weighted by Gasteiger charge is 2.30. The molecular weight excluding hydrogens is 459 g/mol. The molecule has 2 aliphatic rings. The third-order valence-corrected chi connectivity index (χ3v) is 7.99. The van der Waals surface area contributed by atoms with Crippen LogP contribution in [-0.2, 0) is 0 Å². The number of thioether (sulfide) groups is 1. The SMILES string of the molecule is Cc1ccoc1C(=O)NC1CCC(n2c(=O)c3cc(F)cnc3n(C3CCSCC3)c2=O)CC1. The van der Waals surface area contributed by atoms with Crippen LogP contribution in [0.25, 0.3) is 11.0 Å². The van der Waals surface area contributed by atoms with Crippen molar-refractivity contribution in [3.8, 4) is 0 Å². The molecule has 0 bridgehead atoms. The molecular formula is C24H27FN4O4S. The lowest BCUT2D eigenvalue weighted by atomic mass is 9.90. The van der Waals surface area contributed by atoms with Gasteiger partial charge in [-0.15, -0.1) is 0 Å². The molecule has 180 valence electrons. The number of nitrogens with one attached hydrogen (secondary N) is 1. The van der Waals surface area contributed by atoms with E-state index in [4.69, 9.17) is 4.42 Å². The van der Waals surface area contributed by atoms with Crippen LogP contribution < -0.4 is 16.6 Å². The van der Waals surface area contributed by atoms with Crippen LogP contribution >= 0.6 is 11.8 Å². The number of hydrogen-bond acceptors (Lipinski definition) is 6. The first kappa shape index (κ1) is 22.9. The van der Waals surface area contributed by atoms with Crippen molar-refractivity contribution < 1.29 is 13.6 Å². The third-order valence-electron chi connectivity index (χ3n) is 6.94. The van der Waals surface area contributed by atoms with Crippen molar-refractivity contribution in [1.82, 2.24) is 19.4 Å². The molecule has 3 aromatic rings. The smallest absolute Gasteiger partial charge is 0.333 e. The number of halogens is 1. The van der Waals surface area contributed by atoms with Crippen molar-refractivity contribution in [1.29, 1.82) is 0 Å². The minimum atomic E-state index is -0.597. The van der Waals surface area contributed by atoms with Crippen molar-refractivity contribution in [2.75, 3.05) is 11.5 Å². The maximum Gasteiger partial charge on any atom is 0.333 e. The van der Waals surface area contributed by atoms with Gasteiger partial charge in [-0.05, 0) is 69.1 Å². The summed E-state index contributed by atoms with van der Waals surface area (Å²) in [5, 5.41) is 3.14. The molecule has 34 heavy (non-hydrogen) atoms. The quantitative estimate of drug-likeness (QED) is 0.605. The van der Waals surface area contributed by atoms with E-state index in [1.165, 1.54) is 16.9 Å². The normalized spacial score (nSPS) is 21.6. The second kappa shape index (κ2) is 9.40. The predicted molar refractivity (Wildman–Crippen MR) is 128 cm³/mol. The van der Waals surface area contributed by atoms with Crippen LogP contribution in [0.2, 0.25) is 0 Å². The molecule has 5 rings (SSSR count). The van der Waals surface area contributed by atoms with Gasteiger partial charge in [0, 0.05) is 23.7 Å². The zero-order valence-electron chi connectivity index (χ0n) is 19.0. The lowest BCUT2D eigenvalue weighted by Gasteiger charge is -2.31. The second-order valence-electron chi connectivity index (χ2n) is 9.11. The van der Waals surface area contributed by atoms with E-state index in [9.17, 15) is 18.8 Å². The van der Waals surface area contributed by atoms with Gasteiger partial charge in [0.15, 0.2) is 5.76 Å². The molecule has 4 heterocycles. The third kappa shape index (κ3) is 4.19. The Hall–Kier alpha value is -2.88. The lowest BCUT2D eigenvalue weighted by molar-refractivity contribution is 0.0893. The van der Waals surface area contributed by atoms with Gasteiger partial charge in [0.1, 0.15) is 11.5 Å². The average molecular weight is 487 g/mol. The molecule has 3 aromatic heterocycles. The second-order valence-corrected chi connectivity index (χ2v) is 10.3. The Morgan fingerprint density at radius 3 is 2.50 bits per heavy atom. The van der Waals surface area contributed by atoms with Gasteiger partial charge in [-0.3, -0.25) is 18.7 Å². The van der Waals surface area contributed by atoms with Gasteiger partial charge in [0.25, 0.3) is 11.5 Å². The summed E-state index contributed by atoms with van der Waals surface area (Å²) in [5.41, 5.74) is 0.176. The minimum absolute atomic E-state index is 0.0618. The van der Waals surface area contributed by atoms with Crippen molar-refractivity contribution in [2.24, 2.45) is 0 Å². The molecule has 8 nitrogen and oxygen atoms in total. The highest BCUT2D eigenvalue weighted by Crippen LogP contribution is 2.30. The van der Waals surface area contributed by atoms with E-state index in [1.807, 2.05) is 18.7 Å². The van der Waals surface area contributed by atoms with Gasteiger partial charge in [0.05, 0.1) is 17.8 Å². The number of aromatic nitrogens is 3. The number of carbonyl (C=O) groups excluding carboxylic acids is 1. The molecule has 1 aliphatic heterocycles. The van der Waals surface area contributed by atoms with Gasteiger partial charge < -0.3 is 9.73 Å². The predicted octanol–water partition coefficient (Wildman–Crippen LogP) is 3.58. The van der Waals surface area contributed by atoms with E-state index < -0.39 is 11.4 Å². The Balaban J connectivity index is 1.44. The van der Waals surface area contributed by atoms with Crippen molar-refractivity contribution in [3.05, 3.63) is 62.6 Å². The van der Waals surface area contributed by atoms with Gasteiger partial charge in [-0.1, -0.05) is 0 Å². The van der Waals surface area contributed by atoms with Gasteiger partial charge in [-0.25, -0.2) is 14.2 Å². The maximum atomic E-state index is 14.0. The topological polar surface area (TPSA) is 99.1 Å². The van der Waals surface area contributed by atoms with Gasteiger partial charge in [-0.2, -0.15) is 11.8 Å². The monoisotopic (exact) mass is 486 g/mol. The Bertz CT molecular complexity index is 1330. The Morgan fingerprint density at radius 1 is 1.12 bits per heavy atom. The molecule has 1 amide bonds. The van der Waals surface area contributed by atoms with E-state index >= 15 is 0 Å². The van der Waals surface area contributed by atoms with Crippen LogP contribution in [0.5, 0.6) is 0 Å². The summed E-state index contributed by atoms with van der Waals surface area (Å²) in [6, 6.07) is 2.49. The number of fused-ring (bicyclic) bond motifs is 1. The van der Waals surface area contributed by atoms with Crippen LogP contribution in [0.4, 0.5) is 4.39 Å². The van der Waals surface area contributed by atoms with E-state index in [2.05, 4.69) is 10.3 Å². The largest absolute Gasteiger partial charge is 0.459 e. The number of furan rings is 1. The Labute approximate surface area is 199 Å². The molecule has 10 heteroatoms. The highest BCUT2D eigenvalue weighted by molar-refractivity contribution is 7.99. The first-order chi connectivity index (χ1) is 16.4. The number of hydrogen-bond donors (Lipinski definition) is 1. The van der Waals surface area contributed by atoms with Gasteiger partial charge in [0.2, 0.25) is 0 Å². The number of nitrogens with zero attached hydrogens (tertiary/aromatic N) is 3. The molecule has 1 saturated heterocycles. The molecule has 0 atom stereocenters. The van der Waals surface area contributed by atoms with E-state index in [0.29, 0.717) is 31.4 Å². The van der Waals surface area contributed by atoms with E-state index in [0.717, 1.165) is 36.1 Å². The van der Waals surface area contributed by atoms with Crippen molar-refractivity contribution in [3.63, 3.8) is 0 Å². The molecule has 0 aromatic carbocycles.